The monoisotopic (exact) mass is 374 g/mol. The molecule has 0 saturated heterocycles. The van der Waals surface area contributed by atoms with E-state index in [0.717, 1.165) is 58.9 Å². The topological polar surface area (TPSA) is 46.5 Å². The number of methoxy groups -OCH3 is 1. The van der Waals surface area contributed by atoms with Crippen molar-refractivity contribution >= 4 is 16.7 Å². The number of hydrogen-bond acceptors (Lipinski definition) is 2. The SMILES string of the molecule is COc1ccc(-c2c(C(=O)O)c(C3(C)CCCCC3)cc3ccccc23)cc1. The van der Waals surface area contributed by atoms with Gasteiger partial charge in [0.05, 0.1) is 12.7 Å². The Hall–Kier alpha value is -2.81. The van der Waals surface area contributed by atoms with Crippen LogP contribution in [-0.4, -0.2) is 18.2 Å². The quantitative estimate of drug-likeness (QED) is 0.572. The van der Waals surface area contributed by atoms with Gasteiger partial charge in [-0.15, -0.1) is 0 Å². The molecule has 0 heterocycles. The van der Waals surface area contributed by atoms with Gasteiger partial charge in [0.1, 0.15) is 5.75 Å². The third-order valence-corrected chi connectivity index (χ3v) is 6.25. The summed E-state index contributed by atoms with van der Waals surface area (Å²) >= 11 is 0. The summed E-state index contributed by atoms with van der Waals surface area (Å²) in [5, 5.41) is 12.4. The lowest BCUT2D eigenvalue weighted by Gasteiger charge is -2.36. The van der Waals surface area contributed by atoms with Crippen LogP contribution in [0.4, 0.5) is 0 Å². The second-order valence-corrected chi connectivity index (χ2v) is 8.05. The first-order valence-electron chi connectivity index (χ1n) is 9.97. The fraction of sp³-hybridized carbons (Fsp3) is 0.320. The van der Waals surface area contributed by atoms with Crippen LogP contribution in [0.25, 0.3) is 21.9 Å². The first-order valence-corrected chi connectivity index (χ1v) is 9.97. The van der Waals surface area contributed by atoms with Gasteiger partial charge in [0.15, 0.2) is 0 Å². The molecular weight excluding hydrogens is 348 g/mol. The molecule has 3 aromatic rings. The van der Waals surface area contributed by atoms with Crippen molar-refractivity contribution in [2.45, 2.75) is 44.4 Å². The maximum atomic E-state index is 12.5. The van der Waals surface area contributed by atoms with Gasteiger partial charge in [-0.05, 0) is 58.4 Å². The lowest BCUT2D eigenvalue weighted by atomic mass is 9.68. The molecule has 4 rings (SSSR count). The molecule has 144 valence electrons. The molecule has 3 aromatic carbocycles. The third kappa shape index (κ3) is 3.15. The van der Waals surface area contributed by atoms with E-state index < -0.39 is 5.97 Å². The summed E-state index contributed by atoms with van der Waals surface area (Å²) in [6.45, 7) is 2.24. The maximum absolute atomic E-state index is 12.5. The van der Waals surface area contributed by atoms with Crippen LogP contribution in [0, 0.1) is 0 Å². The summed E-state index contributed by atoms with van der Waals surface area (Å²) in [4.78, 5) is 12.5. The van der Waals surface area contributed by atoms with Gasteiger partial charge < -0.3 is 9.84 Å². The van der Waals surface area contributed by atoms with Crippen molar-refractivity contribution in [1.82, 2.24) is 0 Å². The number of benzene rings is 3. The number of carboxylic acids is 1. The van der Waals surface area contributed by atoms with Crippen molar-refractivity contribution in [1.29, 1.82) is 0 Å². The molecule has 1 saturated carbocycles. The van der Waals surface area contributed by atoms with Crippen molar-refractivity contribution in [2.75, 3.05) is 7.11 Å². The maximum Gasteiger partial charge on any atom is 0.336 e. The van der Waals surface area contributed by atoms with E-state index in [2.05, 4.69) is 19.1 Å². The summed E-state index contributed by atoms with van der Waals surface area (Å²) < 4.78 is 5.29. The first kappa shape index (κ1) is 18.5. The molecule has 0 unspecified atom stereocenters. The van der Waals surface area contributed by atoms with E-state index in [4.69, 9.17) is 4.74 Å². The molecule has 0 amide bonds. The van der Waals surface area contributed by atoms with E-state index in [1.54, 1.807) is 7.11 Å². The normalized spacial score (nSPS) is 16.1. The zero-order valence-electron chi connectivity index (χ0n) is 16.5. The van der Waals surface area contributed by atoms with Crippen LogP contribution in [-0.2, 0) is 5.41 Å². The average molecular weight is 374 g/mol. The Kier molecular flexibility index (Phi) is 4.84. The molecule has 0 spiro atoms. The fourth-order valence-electron chi connectivity index (χ4n) is 4.70. The molecule has 1 fully saturated rings. The number of fused-ring (bicyclic) bond motifs is 1. The highest BCUT2D eigenvalue weighted by Crippen LogP contribution is 2.45. The summed E-state index contributed by atoms with van der Waals surface area (Å²) in [5.74, 6) is -0.0845. The van der Waals surface area contributed by atoms with Crippen LogP contribution in [0.3, 0.4) is 0 Å². The zero-order valence-corrected chi connectivity index (χ0v) is 16.5. The van der Waals surface area contributed by atoms with Gasteiger partial charge in [-0.1, -0.05) is 62.6 Å². The molecule has 1 aliphatic carbocycles. The van der Waals surface area contributed by atoms with Gasteiger partial charge >= 0.3 is 5.97 Å². The van der Waals surface area contributed by atoms with Crippen molar-refractivity contribution in [3.05, 3.63) is 65.7 Å². The number of carboxylic acid groups (broad SMARTS) is 1. The van der Waals surface area contributed by atoms with Crippen LogP contribution < -0.4 is 4.74 Å². The fourth-order valence-corrected chi connectivity index (χ4v) is 4.70. The van der Waals surface area contributed by atoms with Gasteiger partial charge in [0.2, 0.25) is 0 Å². The summed E-state index contributed by atoms with van der Waals surface area (Å²) in [7, 11) is 1.64. The molecule has 0 aliphatic heterocycles. The third-order valence-electron chi connectivity index (χ3n) is 6.25. The van der Waals surface area contributed by atoms with Crippen molar-refractivity contribution in [3.8, 4) is 16.9 Å². The largest absolute Gasteiger partial charge is 0.497 e. The molecule has 0 bridgehead atoms. The Morgan fingerprint density at radius 3 is 2.32 bits per heavy atom. The van der Waals surface area contributed by atoms with Crippen molar-refractivity contribution in [3.63, 3.8) is 0 Å². The lowest BCUT2D eigenvalue weighted by molar-refractivity contribution is 0.0694. The summed E-state index contributed by atoms with van der Waals surface area (Å²) in [6, 6.07) is 17.9. The van der Waals surface area contributed by atoms with E-state index in [9.17, 15) is 9.90 Å². The Balaban J connectivity index is 2.05. The minimum absolute atomic E-state index is 0.1000. The van der Waals surface area contributed by atoms with E-state index >= 15 is 0 Å². The Morgan fingerprint density at radius 1 is 1.00 bits per heavy atom. The van der Waals surface area contributed by atoms with Crippen molar-refractivity contribution < 1.29 is 14.6 Å². The van der Waals surface area contributed by atoms with Crippen LogP contribution in [0.15, 0.2) is 54.6 Å². The van der Waals surface area contributed by atoms with Crippen LogP contribution in [0.2, 0.25) is 0 Å². The Bertz CT molecular complexity index is 1010. The predicted octanol–water partition coefficient (Wildman–Crippen LogP) is 6.44. The standard InChI is InChI=1S/C25H26O3/c1-25(14-6-3-7-15-25)21-16-18-8-4-5-9-20(18)22(23(21)24(26)27)17-10-12-19(28-2)13-11-17/h4-5,8-13,16H,3,6-7,14-15H2,1-2H3,(H,26,27). The molecule has 28 heavy (non-hydrogen) atoms. The summed E-state index contributed by atoms with van der Waals surface area (Å²) in [5.41, 5.74) is 3.06. The van der Waals surface area contributed by atoms with Gasteiger partial charge in [-0.2, -0.15) is 0 Å². The number of rotatable bonds is 4. The van der Waals surface area contributed by atoms with Crippen LogP contribution >= 0.6 is 0 Å². The highest BCUT2D eigenvalue weighted by molar-refractivity contribution is 6.09. The second-order valence-electron chi connectivity index (χ2n) is 8.05. The second kappa shape index (κ2) is 7.31. The van der Waals surface area contributed by atoms with E-state index in [1.165, 1.54) is 6.42 Å². The highest BCUT2D eigenvalue weighted by Gasteiger charge is 2.34. The molecule has 3 heteroatoms. The number of ether oxygens (including phenoxy) is 1. The smallest absolute Gasteiger partial charge is 0.336 e. The zero-order chi connectivity index (χ0) is 19.7. The van der Waals surface area contributed by atoms with Gasteiger partial charge in [0, 0.05) is 5.56 Å². The minimum atomic E-state index is -0.849. The molecule has 1 N–H and O–H groups in total. The Labute approximate surface area is 166 Å². The molecule has 0 radical (unpaired) electrons. The predicted molar refractivity (Wildman–Crippen MR) is 113 cm³/mol. The van der Waals surface area contributed by atoms with Gasteiger partial charge in [-0.3, -0.25) is 0 Å². The van der Waals surface area contributed by atoms with Crippen LogP contribution in [0.5, 0.6) is 5.75 Å². The highest BCUT2D eigenvalue weighted by atomic mass is 16.5. The van der Waals surface area contributed by atoms with Gasteiger partial charge in [0.25, 0.3) is 0 Å². The number of hydrogen-bond donors (Lipinski definition) is 1. The molecule has 0 aromatic heterocycles. The number of carbonyl (C=O) groups is 1. The Morgan fingerprint density at radius 2 is 1.68 bits per heavy atom. The van der Waals surface area contributed by atoms with Crippen molar-refractivity contribution in [2.24, 2.45) is 0 Å². The van der Waals surface area contributed by atoms with E-state index in [1.807, 2.05) is 42.5 Å². The molecule has 0 atom stereocenters. The molecule has 1 aliphatic rings. The van der Waals surface area contributed by atoms with E-state index in [0.29, 0.717) is 5.56 Å². The minimum Gasteiger partial charge on any atom is -0.497 e. The molecular formula is C25H26O3. The van der Waals surface area contributed by atoms with Crippen LogP contribution in [0.1, 0.15) is 54.9 Å². The van der Waals surface area contributed by atoms with E-state index in [-0.39, 0.29) is 5.41 Å². The first-order chi connectivity index (χ1) is 13.5. The summed E-state index contributed by atoms with van der Waals surface area (Å²) in [6.07, 6.45) is 5.61. The lowest BCUT2D eigenvalue weighted by Crippen LogP contribution is -2.28. The number of aromatic carboxylic acids is 1. The van der Waals surface area contributed by atoms with Gasteiger partial charge in [-0.25, -0.2) is 4.79 Å². The average Bonchev–Trinajstić information content (AvgIpc) is 2.73. The molecule has 3 nitrogen and oxygen atoms in total.